The fourth-order valence-corrected chi connectivity index (χ4v) is 2.27. The van der Waals surface area contributed by atoms with E-state index >= 15 is 0 Å². The van der Waals surface area contributed by atoms with Gasteiger partial charge in [0.05, 0.1) is 27.5 Å². The van der Waals surface area contributed by atoms with Crippen molar-refractivity contribution in [1.82, 2.24) is 15.3 Å². The molecular weight excluding hydrogens is 224 g/mol. The normalized spacial score (nSPS) is 17.7. The highest BCUT2D eigenvalue weighted by Gasteiger charge is 2.18. The van der Waals surface area contributed by atoms with Crippen LogP contribution in [0.3, 0.4) is 0 Å². The van der Waals surface area contributed by atoms with E-state index in [1.807, 2.05) is 0 Å². The minimum Gasteiger partial charge on any atom is -0.354 e. The molecule has 16 heavy (non-hydrogen) atoms. The molecule has 5 nitrogen and oxygen atoms in total. The third-order valence-electron chi connectivity index (χ3n) is 2.07. The van der Waals surface area contributed by atoms with Gasteiger partial charge in [-0.3, -0.25) is 4.79 Å². The van der Waals surface area contributed by atoms with Gasteiger partial charge in [-0.1, -0.05) is 11.8 Å². The second-order valence-corrected chi connectivity index (χ2v) is 4.20. The SMILES string of the molecule is CC(=O)/C(C=N)=C1/NC=C(c2c[nH]cn2)S1. The zero-order chi connectivity index (χ0) is 11.5. The summed E-state index contributed by atoms with van der Waals surface area (Å²) in [5.74, 6) is -0.123. The number of hydrogen-bond acceptors (Lipinski definition) is 5. The van der Waals surface area contributed by atoms with Gasteiger partial charge in [0.25, 0.3) is 0 Å². The van der Waals surface area contributed by atoms with Gasteiger partial charge in [0.15, 0.2) is 5.78 Å². The van der Waals surface area contributed by atoms with E-state index < -0.39 is 0 Å². The lowest BCUT2D eigenvalue weighted by Crippen LogP contribution is -2.07. The van der Waals surface area contributed by atoms with E-state index in [4.69, 9.17) is 5.41 Å². The number of Topliss-reactive ketones (excluding diaryl/α,β-unsaturated/α-hetero) is 1. The number of H-pyrrole nitrogens is 1. The standard InChI is InChI=1S/C10H10N4OS/c1-6(15)7(2-11)10-13-4-9(16-10)8-3-12-5-14-8/h2-5,11,13H,1H3,(H,12,14)/b10-7-,11-2?. The summed E-state index contributed by atoms with van der Waals surface area (Å²) in [6, 6.07) is 0. The Hall–Kier alpha value is -1.82. The first kappa shape index (κ1) is 10.7. The lowest BCUT2D eigenvalue weighted by molar-refractivity contribution is -0.113. The highest BCUT2D eigenvalue weighted by molar-refractivity contribution is 8.12. The van der Waals surface area contributed by atoms with E-state index in [1.165, 1.54) is 18.7 Å². The predicted molar refractivity (Wildman–Crippen MR) is 63.8 cm³/mol. The van der Waals surface area contributed by atoms with Gasteiger partial charge in [0.2, 0.25) is 0 Å². The fraction of sp³-hybridized carbons (Fsp3) is 0.100. The van der Waals surface area contributed by atoms with E-state index in [-0.39, 0.29) is 5.78 Å². The number of thioether (sulfide) groups is 1. The van der Waals surface area contributed by atoms with Crippen LogP contribution in [0, 0.1) is 5.41 Å². The number of aromatic nitrogens is 2. The number of hydrogen-bond donors (Lipinski definition) is 3. The monoisotopic (exact) mass is 234 g/mol. The van der Waals surface area contributed by atoms with Gasteiger partial charge in [-0.05, 0) is 6.92 Å². The molecule has 0 bridgehead atoms. The summed E-state index contributed by atoms with van der Waals surface area (Å²) in [5.41, 5.74) is 1.20. The maximum Gasteiger partial charge on any atom is 0.163 e. The summed E-state index contributed by atoms with van der Waals surface area (Å²) >= 11 is 1.40. The van der Waals surface area contributed by atoms with Crippen molar-refractivity contribution in [2.45, 2.75) is 6.92 Å². The minimum absolute atomic E-state index is 0.123. The minimum atomic E-state index is -0.123. The maximum absolute atomic E-state index is 11.2. The van der Waals surface area contributed by atoms with Gasteiger partial charge in [0.1, 0.15) is 0 Å². The highest BCUT2D eigenvalue weighted by atomic mass is 32.2. The molecule has 82 valence electrons. The van der Waals surface area contributed by atoms with Crippen LogP contribution in [0.5, 0.6) is 0 Å². The maximum atomic E-state index is 11.2. The highest BCUT2D eigenvalue weighted by Crippen LogP contribution is 2.36. The Morgan fingerprint density at radius 2 is 2.44 bits per heavy atom. The van der Waals surface area contributed by atoms with E-state index in [9.17, 15) is 4.79 Å². The van der Waals surface area contributed by atoms with Crippen molar-refractivity contribution in [1.29, 1.82) is 5.41 Å². The third kappa shape index (κ3) is 1.92. The zero-order valence-electron chi connectivity index (χ0n) is 8.57. The molecule has 3 N–H and O–H groups in total. The van der Waals surface area contributed by atoms with Crippen LogP contribution in [0.15, 0.2) is 29.3 Å². The second-order valence-electron chi connectivity index (χ2n) is 3.15. The Morgan fingerprint density at radius 3 is 3.00 bits per heavy atom. The van der Waals surface area contributed by atoms with Gasteiger partial charge >= 0.3 is 0 Å². The van der Waals surface area contributed by atoms with Crippen LogP contribution in [0.2, 0.25) is 0 Å². The Morgan fingerprint density at radius 1 is 1.62 bits per heavy atom. The van der Waals surface area contributed by atoms with Crippen LogP contribution in [-0.4, -0.2) is 22.0 Å². The van der Waals surface area contributed by atoms with Gasteiger partial charge in [-0.2, -0.15) is 0 Å². The molecule has 1 aromatic heterocycles. The van der Waals surface area contributed by atoms with Crippen molar-refractivity contribution in [3.63, 3.8) is 0 Å². The average molecular weight is 234 g/mol. The number of aromatic amines is 1. The van der Waals surface area contributed by atoms with E-state index in [1.54, 1.807) is 18.7 Å². The first-order valence-corrected chi connectivity index (χ1v) is 5.43. The summed E-state index contributed by atoms with van der Waals surface area (Å²) in [5, 5.41) is 10.9. The summed E-state index contributed by atoms with van der Waals surface area (Å²) in [6.07, 6.45) is 6.23. The number of nitrogens with one attached hydrogen (secondary N) is 3. The molecule has 0 saturated carbocycles. The molecule has 2 rings (SSSR count). The number of allylic oxidation sites excluding steroid dienone is 1. The molecular formula is C10H10N4OS. The fourth-order valence-electron chi connectivity index (χ4n) is 1.28. The Balaban J connectivity index is 2.24. The first-order chi connectivity index (χ1) is 7.72. The van der Waals surface area contributed by atoms with Crippen LogP contribution in [-0.2, 0) is 4.79 Å². The Kier molecular flexibility index (Phi) is 2.91. The van der Waals surface area contributed by atoms with Crippen molar-refractivity contribution in [3.8, 4) is 0 Å². The van der Waals surface area contributed by atoms with Crippen molar-refractivity contribution >= 4 is 28.7 Å². The molecule has 1 aromatic rings. The molecule has 0 amide bonds. The van der Waals surface area contributed by atoms with Crippen molar-refractivity contribution in [3.05, 3.63) is 35.0 Å². The number of carbonyl (C=O) groups is 1. The molecule has 0 radical (unpaired) electrons. The van der Waals surface area contributed by atoms with Crippen LogP contribution >= 0.6 is 11.8 Å². The number of ketones is 1. The van der Waals surface area contributed by atoms with Gasteiger partial charge in [-0.25, -0.2) is 4.98 Å². The predicted octanol–water partition coefficient (Wildman–Crippen LogP) is 1.49. The molecule has 0 saturated heterocycles. The molecule has 1 aliphatic heterocycles. The quantitative estimate of drug-likeness (QED) is 0.546. The zero-order valence-corrected chi connectivity index (χ0v) is 9.39. The molecule has 0 aliphatic carbocycles. The van der Waals surface area contributed by atoms with E-state index in [2.05, 4.69) is 15.3 Å². The van der Waals surface area contributed by atoms with Gasteiger partial charge < -0.3 is 15.7 Å². The third-order valence-corrected chi connectivity index (χ3v) is 3.15. The molecule has 0 unspecified atom stereocenters. The molecule has 2 heterocycles. The van der Waals surface area contributed by atoms with Crippen LogP contribution < -0.4 is 5.32 Å². The lowest BCUT2D eigenvalue weighted by Gasteiger charge is -2.01. The van der Waals surface area contributed by atoms with Crippen LogP contribution in [0.1, 0.15) is 12.6 Å². The van der Waals surface area contributed by atoms with Crippen molar-refractivity contribution < 1.29 is 4.79 Å². The largest absolute Gasteiger partial charge is 0.354 e. The number of rotatable bonds is 3. The molecule has 1 aliphatic rings. The van der Waals surface area contributed by atoms with Gasteiger partial charge in [-0.15, -0.1) is 0 Å². The molecule has 0 fully saturated rings. The summed E-state index contributed by atoms with van der Waals surface area (Å²) in [4.78, 5) is 19.2. The summed E-state index contributed by atoms with van der Waals surface area (Å²) < 4.78 is 0. The van der Waals surface area contributed by atoms with Crippen LogP contribution in [0.4, 0.5) is 0 Å². The summed E-state index contributed by atoms with van der Waals surface area (Å²) in [7, 11) is 0. The second kappa shape index (κ2) is 4.36. The molecule has 6 heteroatoms. The van der Waals surface area contributed by atoms with Crippen LogP contribution in [0.25, 0.3) is 4.91 Å². The van der Waals surface area contributed by atoms with E-state index in [0.29, 0.717) is 10.6 Å². The molecule has 0 spiro atoms. The van der Waals surface area contributed by atoms with E-state index in [0.717, 1.165) is 16.8 Å². The lowest BCUT2D eigenvalue weighted by atomic mass is 10.2. The topological polar surface area (TPSA) is 81.6 Å². The number of imidazole rings is 1. The van der Waals surface area contributed by atoms with Crippen molar-refractivity contribution in [2.75, 3.05) is 0 Å². The smallest absolute Gasteiger partial charge is 0.163 e. The van der Waals surface area contributed by atoms with Gasteiger partial charge in [0, 0.05) is 18.6 Å². The first-order valence-electron chi connectivity index (χ1n) is 4.61. The number of nitrogens with zero attached hydrogens (tertiary/aromatic N) is 1. The molecule has 0 atom stereocenters. The number of carbonyl (C=O) groups excluding carboxylic acids is 1. The summed E-state index contributed by atoms with van der Waals surface area (Å²) in [6.45, 7) is 1.45. The Bertz CT molecular complexity index is 487. The average Bonchev–Trinajstić information content (AvgIpc) is 2.86. The Labute approximate surface area is 96.5 Å². The van der Waals surface area contributed by atoms with Crippen molar-refractivity contribution in [2.24, 2.45) is 0 Å². The molecule has 0 aromatic carbocycles.